The van der Waals surface area contributed by atoms with Gasteiger partial charge < -0.3 is 35.0 Å². The Morgan fingerprint density at radius 2 is 1.00 bits per heavy atom. The number of carbonyl (C=O) groups is 5. The number of Topliss-reactive ketones (excluding diaryl/α,β-unsaturated/α-hetero) is 1. The van der Waals surface area contributed by atoms with Crippen LogP contribution in [0.3, 0.4) is 0 Å². The molecule has 36 heavy (non-hydrogen) atoms. The summed E-state index contributed by atoms with van der Waals surface area (Å²) >= 11 is 0. The Balaban J connectivity index is 0.0000122. The Bertz CT molecular complexity index is 759. The molecule has 1 saturated heterocycles. The molecule has 1 heterocycles. The van der Waals surface area contributed by atoms with Gasteiger partial charge >= 0.3 is 39.9 Å². The number of carboxylic acids is 3. The minimum Gasteiger partial charge on any atom is -0.549 e. The third kappa shape index (κ3) is 16.9. The van der Waals surface area contributed by atoms with Crippen molar-refractivity contribution >= 4 is 29.6 Å². The molecule has 0 aliphatic carbocycles. The van der Waals surface area contributed by atoms with Crippen LogP contribution < -0.4 is 20.6 Å². The first kappa shape index (κ1) is 34.3. The smallest absolute Gasteiger partial charge is 0.549 e. The van der Waals surface area contributed by atoms with Crippen molar-refractivity contribution in [1.29, 1.82) is 0 Å². The van der Waals surface area contributed by atoms with E-state index in [0.29, 0.717) is 0 Å². The maximum atomic E-state index is 12.4. The maximum Gasteiger partial charge on any atom is 3.00 e. The van der Waals surface area contributed by atoms with E-state index in [2.05, 4.69) is 11.2 Å². The number of hydrogen-bond acceptors (Lipinski definition) is 12. The van der Waals surface area contributed by atoms with Gasteiger partial charge in [0, 0.05) is 84.8 Å². The van der Waals surface area contributed by atoms with Gasteiger partial charge in [0.25, 0.3) is 0 Å². The number of nitrogens with one attached hydrogen (secondary N) is 1. The number of terminal acetylenes is 1. The zero-order valence-electron chi connectivity index (χ0n) is 20.1. The molecule has 0 spiro atoms. The Hall–Kier alpha value is -1.73. The van der Waals surface area contributed by atoms with Gasteiger partial charge in [-0.05, 0) is 0 Å². The molecule has 0 aromatic heterocycles. The zero-order valence-corrected chi connectivity index (χ0v) is 22.4. The van der Waals surface area contributed by atoms with E-state index in [0.717, 1.165) is 0 Å². The van der Waals surface area contributed by atoms with Gasteiger partial charge in [-0.25, -0.2) is 0 Å². The fourth-order valence-electron chi connectivity index (χ4n) is 3.51. The Labute approximate surface area is 242 Å². The van der Waals surface area contributed by atoms with Gasteiger partial charge in [0.05, 0.1) is 31.0 Å². The molecule has 1 amide bonds. The van der Waals surface area contributed by atoms with Gasteiger partial charge in [-0.15, -0.1) is 12.3 Å². The zero-order chi connectivity index (χ0) is 26.2. The van der Waals surface area contributed by atoms with Crippen LogP contribution in [0.25, 0.3) is 0 Å². The minimum atomic E-state index is -1.30. The number of carbonyl (C=O) groups excluding carboxylic acids is 5. The summed E-state index contributed by atoms with van der Waals surface area (Å²) in [4.78, 5) is 64.0. The van der Waals surface area contributed by atoms with Crippen LogP contribution in [0.2, 0.25) is 0 Å². The van der Waals surface area contributed by atoms with Gasteiger partial charge in [-0.1, -0.05) is 0 Å². The molecule has 1 N–H and O–H groups in total. The summed E-state index contributed by atoms with van der Waals surface area (Å²) in [6, 6.07) is 0. The maximum absolute atomic E-state index is 12.4. The van der Waals surface area contributed by atoms with E-state index in [4.69, 9.17) is 6.42 Å². The summed E-state index contributed by atoms with van der Waals surface area (Å²) in [6.45, 7) is 0.483. The van der Waals surface area contributed by atoms with E-state index in [9.17, 15) is 39.3 Å². The largest absolute Gasteiger partial charge is 3.00 e. The fourth-order valence-corrected chi connectivity index (χ4v) is 3.51. The molecule has 201 valence electrons. The van der Waals surface area contributed by atoms with E-state index in [1.54, 1.807) is 19.6 Å². The molecule has 13 nitrogen and oxygen atoms in total. The number of carboxylic acid groups (broad SMARTS) is 3. The van der Waals surface area contributed by atoms with Crippen molar-refractivity contribution in [3.63, 3.8) is 0 Å². The predicted molar refractivity (Wildman–Crippen MR) is 117 cm³/mol. The van der Waals surface area contributed by atoms with Crippen molar-refractivity contribution in [3.8, 4) is 12.3 Å². The number of ketones is 1. The van der Waals surface area contributed by atoms with Crippen LogP contribution in [0.15, 0.2) is 0 Å². The molecule has 0 aromatic rings. The monoisotopic (exact) mass is 652 g/mol. The van der Waals surface area contributed by atoms with Gasteiger partial charge in [0.15, 0.2) is 5.78 Å². The third-order valence-electron chi connectivity index (χ3n) is 5.39. The van der Waals surface area contributed by atoms with E-state index < -0.39 is 23.8 Å². The Morgan fingerprint density at radius 3 is 1.31 bits per heavy atom. The first-order valence-electron chi connectivity index (χ1n) is 11.3. The first-order valence-corrected chi connectivity index (χ1v) is 11.3. The molecule has 14 heteroatoms. The average molecular weight is 652 g/mol. The molecule has 1 aliphatic heterocycles. The van der Waals surface area contributed by atoms with Crippen molar-refractivity contribution < 1.29 is 79.2 Å². The average Bonchev–Trinajstić information content (AvgIpc) is 2.76. The molecule has 0 saturated carbocycles. The van der Waals surface area contributed by atoms with E-state index in [1.165, 1.54) is 0 Å². The van der Waals surface area contributed by atoms with Crippen molar-refractivity contribution in [2.24, 2.45) is 0 Å². The second kappa shape index (κ2) is 19.4. The molecule has 1 fully saturated rings. The first-order chi connectivity index (χ1) is 16.6. The molecule has 1 rings (SSSR count). The topological polar surface area (TPSA) is 180 Å². The van der Waals surface area contributed by atoms with Gasteiger partial charge in [-0.3, -0.25) is 29.2 Å². The summed E-state index contributed by atoms with van der Waals surface area (Å²) in [5.74, 6) is -2.15. The predicted octanol–water partition coefficient (Wildman–Crippen LogP) is -6.44. The molecule has 0 atom stereocenters. The molecule has 0 aromatic carbocycles. The summed E-state index contributed by atoms with van der Waals surface area (Å²) in [5.41, 5.74) is 0. The third-order valence-corrected chi connectivity index (χ3v) is 5.39. The van der Waals surface area contributed by atoms with Crippen molar-refractivity contribution in [3.05, 3.63) is 0 Å². The summed E-state index contributed by atoms with van der Waals surface area (Å²) < 4.78 is 0. The van der Waals surface area contributed by atoms with E-state index >= 15 is 0 Å². The molecule has 0 unspecified atom stereocenters. The van der Waals surface area contributed by atoms with E-state index in [1.807, 2.05) is 0 Å². The molecule has 0 bridgehead atoms. The Kier molecular flexibility index (Phi) is 18.5. The van der Waals surface area contributed by atoms with Crippen LogP contribution in [-0.2, 0) is 24.0 Å². The summed E-state index contributed by atoms with van der Waals surface area (Å²) in [6.07, 6.45) is 5.56. The normalized spacial score (nSPS) is 17.0. The van der Waals surface area contributed by atoms with Crippen molar-refractivity contribution in [2.75, 3.05) is 85.1 Å². The Morgan fingerprint density at radius 1 is 0.667 bits per heavy atom. The van der Waals surface area contributed by atoms with Crippen LogP contribution in [0, 0.1) is 52.3 Å². The molecular weight excluding hydrogens is 620 g/mol. The molecule has 1 radical (unpaired) electrons. The number of amides is 1. The second-order valence-corrected chi connectivity index (χ2v) is 8.24. The van der Waals surface area contributed by atoms with Crippen LogP contribution in [0.5, 0.6) is 0 Å². The molecule has 1 aliphatic rings. The standard InChI is InChI=1S/C22H35N5O8.Gd/c1-2-3-4-18(28)13-23-19(29)14-24-5-7-25(15-20(30)31)9-11-27(17-22(34)35)12-10-26(8-6-24)16-21(32)33;/h1H,3-17H2,(H,23,29)(H,30,31)(H,32,33)(H,34,35);/q;+3/p-3. The van der Waals surface area contributed by atoms with Crippen molar-refractivity contribution in [2.45, 2.75) is 12.8 Å². The van der Waals surface area contributed by atoms with Gasteiger partial charge in [0.2, 0.25) is 5.91 Å². The summed E-state index contributed by atoms with van der Waals surface area (Å²) in [7, 11) is 0. The fraction of sp³-hybridized carbons (Fsp3) is 0.682. The van der Waals surface area contributed by atoms with Gasteiger partial charge in [0.1, 0.15) is 0 Å². The summed E-state index contributed by atoms with van der Waals surface area (Å²) in [5, 5.41) is 36.0. The number of nitrogens with zero attached hydrogens (tertiary/aromatic N) is 4. The van der Waals surface area contributed by atoms with Crippen LogP contribution in [-0.4, -0.2) is 134 Å². The number of hydrogen-bond donors (Lipinski definition) is 1. The van der Waals surface area contributed by atoms with Crippen LogP contribution in [0.1, 0.15) is 12.8 Å². The second-order valence-electron chi connectivity index (χ2n) is 8.24. The number of aliphatic carboxylic acids is 3. The molecular formula is C22H32GdN5O8. The number of rotatable bonds is 12. The van der Waals surface area contributed by atoms with Crippen LogP contribution >= 0.6 is 0 Å². The van der Waals surface area contributed by atoms with Crippen LogP contribution in [0.4, 0.5) is 0 Å². The van der Waals surface area contributed by atoms with Gasteiger partial charge in [-0.2, -0.15) is 0 Å². The van der Waals surface area contributed by atoms with Crippen molar-refractivity contribution in [1.82, 2.24) is 24.9 Å². The minimum absolute atomic E-state index is 0. The SMILES string of the molecule is C#CCCC(=O)CNC(=O)CN1CCN(CC(=O)[O-])CCN(CC(=O)[O-])CCN(CC(=O)[O-])CC1.[Gd+3]. The quantitative estimate of drug-likeness (QED) is 0.198. The van der Waals surface area contributed by atoms with E-state index in [-0.39, 0.29) is 144 Å².